The normalized spacial score (nSPS) is 21.4. The number of amides is 2. The van der Waals surface area contributed by atoms with Crippen LogP contribution in [-0.4, -0.2) is 104 Å². The number of hydrogen-bond acceptors (Lipinski definition) is 15. The number of nitriles is 1. The number of nitrogens with zero attached hydrogens (tertiary/aromatic N) is 7. The Labute approximate surface area is 416 Å². The Morgan fingerprint density at radius 2 is 1.78 bits per heavy atom. The van der Waals surface area contributed by atoms with Crippen molar-refractivity contribution in [2.75, 3.05) is 39.3 Å². The first-order valence-corrected chi connectivity index (χ1v) is 25.0. The molecule has 4 aliphatic rings. The van der Waals surface area contributed by atoms with Crippen molar-refractivity contribution in [3.05, 3.63) is 134 Å². The lowest BCUT2D eigenvalue weighted by molar-refractivity contribution is -0.136. The molecule has 4 fully saturated rings. The number of aromatic amines is 1. The van der Waals surface area contributed by atoms with E-state index in [9.17, 15) is 29.2 Å². The molecule has 7 heterocycles. The van der Waals surface area contributed by atoms with Gasteiger partial charge in [0.15, 0.2) is 11.6 Å². The Hall–Kier alpha value is -7.30. The predicted octanol–water partition coefficient (Wildman–Crippen LogP) is 4.57. The maximum atomic E-state index is 14.7. The van der Waals surface area contributed by atoms with Crippen LogP contribution in [0.5, 0.6) is 5.88 Å². The van der Waals surface area contributed by atoms with Gasteiger partial charge in [0.05, 0.1) is 46.5 Å². The van der Waals surface area contributed by atoms with Crippen LogP contribution in [0.2, 0.25) is 0 Å². The first-order valence-electron chi connectivity index (χ1n) is 25.0. The predicted molar refractivity (Wildman–Crippen MR) is 269 cm³/mol. The largest absolute Gasteiger partial charge is 0.477 e. The third-order valence-electron chi connectivity index (χ3n) is 14.9. The molecule has 0 saturated carbocycles. The van der Waals surface area contributed by atoms with Crippen molar-refractivity contribution < 1.29 is 19.1 Å². The van der Waals surface area contributed by atoms with Gasteiger partial charge in [-0.05, 0) is 119 Å². The summed E-state index contributed by atoms with van der Waals surface area (Å²) in [6.45, 7) is 5.44. The van der Waals surface area contributed by atoms with E-state index in [2.05, 4.69) is 52.5 Å². The summed E-state index contributed by atoms with van der Waals surface area (Å²) in [5.74, 6) is 0.210. The monoisotopic (exact) mass is 970 g/mol. The number of carbonyl (C=O) groups is 3. The summed E-state index contributed by atoms with van der Waals surface area (Å²) < 4.78 is 7.66. The van der Waals surface area contributed by atoms with Crippen LogP contribution in [0.4, 0.5) is 0 Å². The van der Waals surface area contributed by atoms with Gasteiger partial charge in [0, 0.05) is 65.8 Å². The SMILES string of the molecule is Cc1nn(C2CCC(=O)NC2=O)c(=O)c2ccc(C3CC(NC4CCCCN4CC(=O)C4(COc5ccnc(-c6ccc(Cc7cc(-c8cccc(C#N)c8)n[nH]c7=O)cc6)n5)CCNCC4)CCN3)cc12. The molecular formula is C54H58N12O6. The van der Waals surface area contributed by atoms with Crippen molar-refractivity contribution in [3.63, 3.8) is 0 Å². The van der Waals surface area contributed by atoms with Crippen LogP contribution >= 0.6 is 0 Å². The molecule has 5 N–H and O–H groups in total. The van der Waals surface area contributed by atoms with E-state index >= 15 is 0 Å². The molecule has 18 nitrogen and oxygen atoms in total. The molecule has 0 radical (unpaired) electrons. The molecule has 10 rings (SSSR count). The zero-order chi connectivity index (χ0) is 49.8. The molecule has 4 saturated heterocycles. The summed E-state index contributed by atoms with van der Waals surface area (Å²) in [5.41, 5.74) is 4.45. The van der Waals surface area contributed by atoms with Crippen molar-refractivity contribution >= 4 is 28.4 Å². The number of carbonyl (C=O) groups excluding carboxylic acids is 3. The highest BCUT2D eigenvalue weighted by Crippen LogP contribution is 2.34. The number of rotatable bonds is 14. The minimum absolute atomic E-state index is 0.0359. The third-order valence-corrected chi connectivity index (χ3v) is 14.9. The second kappa shape index (κ2) is 21.2. The minimum atomic E-state index is -0.825. The van der Waals surface area contributed by atoms with Gasteiger partial charge < -0.3 is 15.4 Å². The van der Waals surface area contributed by atoms with Gasteiger partial charge in [-0.2, -0.15) is 20.4 Å². The molecule has 72 heavy (non-hydrogen) atoms. The van der Waals surface area contributed by atoms with E-state index in [1.807, 2.05) is 55.5 Å². The van der Waals surface area contributed by atoms with Gasteiger partial charge in [0.1, 0.15) is 12.6 Å². The van der Waals surface area contributed by atoms with Gasteiger partial charge in [-0.1, -0.05) is 42.5 Å². The number of ketones is 1. The highest BCUT2D eigenvalue weighted by atomic mass is 16.5. The molecule has 4 unspecified atom stereocenters. The molecule has 370 valence electrons. The number of fused-ring (bicyclic) bond motifs is 1. The smallest absolute Gasteiger partial charge is 0.275 e. The van der Waals surface area contributed by atoms with E-state index in [0.29, 0.717) is 65.4 Å². The van der Waals surface area contributed by atoms with Crippen LogP contribution in [0.25, 0.3) is 33.4 Å². The van der Waals surface area contributed by atoms with Gasteiger partial charge >= 0.3 is 0 Å². The number of imide groups is 1. The van der Waals surface area contributed by atoms with E-state index in [1.54, 1.807) is 36.5 Å². The number of ether oxygens (including phenoxy) is 1. The summed E-state index contributed by atoms with van der Waals surface area (Å²) in [7, 11) is 0. The fourth-order valence-electron chi connectivity index (χ4n) is 10.7. The summed E-state index contributed by atoms with van der Waals surface area (Å²) >= 11 is 0. The Morgan fingerprint density at radius 3 is 2.60 bits per heavy atom. The summed E-state index contributed by atoms with van der Waals surface area (Å²) in [6.07, 6.45) is 8.60. The van der Waals surface area contributed by atoms with Crippen LogP contribution in [-0.2, 0) is 20.8 Å². The number of aryl methyl sites for hydroxylation is 1. The highest BCUT2D eigenvalue weighted by molar-refractivity contribution is 5.99. The van der Waals surface area contributed by atoms with Crippen molar-refractivity contribution in [1.82, 2.24) is 56.1 Å². The lowest BCUT2D eigenvalue weighted by Crippen LogP contribution is -2.57. The van der Waals surface area contributed by atoms with E-state index < -0.39 is 17.4 Å². The zero-order valence-corrected chi connectivity index (χ0v) is 40.3. The van der Waals surface area contributed by atoms with E-state index in [1.165, 1.54) is 4.68 Å². The quantitative estimate of drug-likeness (QED) is 0.0940. The molecule has 0 bridgehead atoms. The third kappa shape index (κ3) is 10.5. The number of benzene rings is 3. The average Bonchev–Trinajstić information content (AvgIpc) is 3.41. The standard InChI is InChI=1S/C54H58N12O6/c1-33-42-27-38(12-13-41(42)53(71)66(64-33)45-14-15-48(68)60-52(45)70)43-29-40(16-20-57-43)59-47-7-2-3-24-65(47)31-46(67)54(18-22-56-23-19-54)32-72-49-17-21-58-50(61-49)36-10-8-34(9-11-36)25-39-28-44(62-63-51(39)69)37-6-4-5-35(26-37)30-55/h4-6,8-13,17,21,26-28,40,43,45,47,56-57,59H,2-3,7,14-16,18-20,22-25,29,31-32H2,1H3,(H,63,69)(H,60,68,70). The zero-order valence-electron chi connectivity index (χ0n) is 40.3. The number of nitrogens with one attached hydrogen (secondary N) is 5. The highest BCUT2D eigenvalue weighted by Gasteiger charge is 2.42. The minimum Gasteiger partial charge on any atom is -0.477 e. The topological polar surface area (TPSA) is 242 Å². The van der Waals surface area contributed by atoms with Crippen LogP contribution in [0.15, 0.2) is 94.6 Å². The van der Waals surface area contributed by atoms with E-state index in [0.717, 1.165) is 85.9 Å². The Morgan fingerprint density at radius 1 is 0.931 bits per heavy atom. The molecule has 3 aromatic heterocycles. The van der Waals surface area contributed by atoms with Crippen LogP contribution in [0.1, 0.15) is 97.8 Å². The first kappa shape index (κ1) is 48.3. The maximum Gasteiger partial charge on any atom is 0.275 e. The number of hydrogen-bond donors (Lipinski definition) is 5. The van der Waals surface area contributed by atoms with E-state index in [4.69, 9.17) is 9.72 Å². The molecule has 2 amide bonds. The second-order valence-corrected chi connectivity index (χ2v) is 19.6. The molecule has 6 aromatic rings. The molecule has 4 aliphatic heterocycles. The maximum absolute atomic E-state index is 14.7. The van der Waals surface area contributed by atoms with Crippen molar-refractivity contribution in [3.8, 4) is 34.6 Å². The lowest BCUT2D eigenvalue weighted by Gasteiger charge is -2.42. The fraction of sp³-hybridized carbons (Fsp3) is 0.407. The molecule has 0 aliphatic carbocycles. The molecule has 18 heteroatoms. The first-order chi connectivity index (χ1) is 35.0. The van der Waals surface area contributed by atoms with Crippen LogP contribution in [0.3, 0.4) is 0 Å². The number of aromatic nitrogens is 6. The van der Waals surface area contributed by atoms with Crippen molar-refractivity contribution in [1.29, 1.82) is 5.26 Å². The fourth-order valence-corrected chi connectivity index (χ4v) is 10.7. The average molecular weight is 971 g/mol. The van der Waals surface area contributed by atoms with Gasteiger partial charge in [-0.15, -0.1) is 0 Å². The van der Waals surface area contributed by atoms with Gasteiger partial charge in [-0.25, -0.2) is 14.8 Å². The Kier molecular flexibility index (Phi) is 14.2. The van der Waals surface area contributed by atoms with Gasteiger partial charge in [-0.3, -0.25) is 39.5 Å². The van der Waals surface area contributed by atoms with Gasteiger partial charge in [0.25, 0.3) is 17.0 Å². The number of H-pyrrole nitrogens is 1. The molecule has 0 spiro atoms. The van der Waals surface area contributed by atoms with Crippen molar-refractivity contribution in [2.24, 2.45) is 5.41 Å². The van der Waals surface area contributed by atoms with Crippen LogP contribution < -0.4 is 37.1 Å². The van der Waals surface area contributed by atoms with Gasteiger partial charge in [0.2, 0.25) is 11.8 Å². The number of likely N-dealkylation sites (tertiary alicyclic amines) is 1. The van der Waals surface area contributed by atoms with Crippen LogP contribution in [0, 0.1) is 23.7 Å². The summed E-state index contributed by atoms with van der Waals surface area (Å²) in [4.78, 5) is 77.0. The summed E-state index contributed by atoms with van der Waals surface area (Å²) in [5, 5.41) is 35.3. The van der Waals surface area contributed by atoms with E-state index in [-0.39, 0.29) is 60.5 Å². The lowest BCUT2D eigenvalue weighted by atomic mass is 9.75. The Balaban J connectivity index is 0.772. The Bertz CT molecular complexity index is 3180. The molecular weight excluding hydrogens is 913 g/mol. The number of piperidine rings is 4. The molecule has 4 atom stereocenters. The summed E-state index contributed by atoms with van der Waals surface area (Å²) in [6, 6.07) is 25.7. The molecule has 3 aromatic carbocycles. The second-order valence-electron chi connectivity index (χ2n) is 19.6. The van der Waals surface area contributed by atoms with Crippen molar-refractivity contribution in [2.45, 2.75) is 95.4 Å². The number of Topliss-reactive ketones (excluding diaryl/α,β-unsaturated/α-hetero) is 1.